The zero-order valence-electron chi connectivity index (χ0n) is 13.2. The van der Waals surface area contributed by atoms with Crippen molar-refractivity contribution >= 4 is 21.7 Å². The highest BCUT2D eigenvalue weighted by Crippen LogP contribution is 2.25. The normalized spacial score (nSPS) is 12.2. The van der Waals surface area contributed by atoms with E-state index in [9.17, 15) is 4.79 Å². The third-order valence-electron chi connectivity index (χ3n) is 3.44. The van der Waals surface area contributed by atoms with Gasteiger partial charge in [-0.25, -0.2) is 0 Å². The highest BCUT2D eigenvalue weighted by atomic mass is 79.9. The molecule has 0 heterocycles. The number of rotatable bonds is 10. The second-order valence-corrected chi connectivity index (χ2v) is 6.10. The lowest BCUT2D eigenvalue weighted by Gasteiger charge is -2.12. The molecule has 0 aliphatic heterocycles. The van der Waals surface area contributed by atoms with Crippen molar-refractivity contribution in [1.82, 2.24) is 0 Å². The predicted octanol–water partition coefficient (Wildman–Crippen LogP) is 5.02. The number of halogens is 1. The number of unbranched alkanes of at least 4 members (excludes halogenated alkanes) is 3. The molecule has 0 saturated heterocycles. The van der Waals surface area contributed by atoms with Crippen LogP contribution in [0.2, 0.25) is 0 Å². The zero-order valence-corrected chi connectivity index (χ0v) is 14.7. The van der Waals surface area contributed by atoms with Crippen LogP contribution in [0.5, 0.6) is 5.75 Å². The van der Waals surface area contributed by atoms with Crippen molar-refractivity contribution in [2.24, 2.45) is 0 Å². The van der Waals surface area contributed by atoms with Crippen LogP contribution >= 0.6 is 15.9 Å². The lowest BCUT2D eigenvalue weighted by atomic mass is 10.1. The number of carbonyl (C=O) groups is 1. The van der Waals surface area contributed by atoms with Crippen LogP contribution in [-0.2, 0) is 4.74 Å². The van der Waals surface area contributed by atoms with Gasteiger partial charge in [-0.3, -0.25) is 4.79 Å². The number of carbonyl (C=O) groups excluding carboxylic acids is 1. The summed E-state index contributed by atoms with van der Waals surface area (Å²) in [5.74, 6) is 0.718. The van der Waals surface area contributed by atoms with Gasteiger partial charge in [-0.2, -0.15) is 0 Å². The van der Waals surface area contributed by atoms with Gasteiger partial charge < -0.3 is 9.47 Å². The molecule has 1 atom stereocenters. The summed E-state index contributed by atoms with van der Waals surface area (Å²) in [6.45, 7) is 4.36. The molecule has 3 nitrogen and oxygen atoms in total. The average molecular weight is 357 g/mol. The third-order valence-corrected chi connectivity index (χ3v) is 4.06. The van der Waals surface area contributed by atoms with Crippen molar-refractivity contribution in [3.63, 3.8) is 0 Å². The largest absolute Gasteiger partial charge is 0.496 e. The van der Waals surface area contributed by atoms with Crippen molar-refractivity contribution < 1.29 is 14.3 Å². The van der Waals surface area contributed by atoms with E-state index in [-0.39, 0.29) is 18.5 Å². The molecule has 1 unspecified atom stereocenters. The van der Waals surface area contributed by atoms with Crippen LogP contribution in [0.4, 0.5) is 0 Å². The molecule has 0 aromatic heterocycles. The average Bonchev–Trinajstić information content (AvgIpc) is 2.49. The van der Waals surface area contributed by atoms with Crippen molar-refractivity contribution in [3.05, 3.63) is 28.2 Å². The summed E-state index contributed by atoms with van der Waals surface area (Å²) in [6, 6.07) is 5.32. The second kappa shape index (κ2) is 9.96. The molecule has 0 aliphatic carbocycles. The summed E-state index contributed by atoms with van der Waals surface area (Å²) < 4.78 is 11.6. The SMILES string of the molecule is CCCCCCC(C)OCC(=O)c1ccc(OC)c(Br)c1. The van der Waals surface area contributed by atoms with E-state index in [2.05, 4.69) is 22.9 Å². The van der Waals surface area contributed by atoms with Crippen molar-refractivity contribution in [1.29, 1.82) is 0 Å². The number of hydrogen-bond donors (Lipinski definition) is 0. The number of methoxy groups -OCH3 is 1. The molecule has 4 heteroatoms. The summed E-state index contributed by atoms with van der Waals surface area (Å²) in [7, 11) is 1.60. The summed E-state index contributed by atoms with van der Waals surface area (Å²) in [5, 5.41) is 0. The second-order valence-electron chi connectivity index (χ2n) is 5.24. The standard InChI is InChI=1S/C17H25BrO3/c1-4-5-6-7-8-13(2)21-12-16(19)14-9-10-17(20-3)15(18)11-14/h9-11,13H,4-8,12H2,1-3H3. The van der Waals surface area contributed by atoms with Crippen molar-refractivity contribution in [2.45, 2.75) is 52.1 Å². The van der Waals surface area contributed by atoms with Gasteiger partial charge in [0, 0.05) is 5.56 Å². The van der Waals surface area contributed by atoms with E-state index >= 15 is 0 Å². The summed E-state index contributed by atoms with van der Waals surface area (Å²) in [6.07, 6.45) is 6.05. The monoisotopic (exact) mass is 356 g/mol. The number of benzene rings is 1. The Balaban J connectivity index is 2.37. The first-order valence-electron chi connectivity index (χ1n) is 7.56. The van der Waals surface area contributed by atoms with Crippen molar-refractivity contribution in [2.75, 3.05) is 13.7 Å². The van der Waals surface area contributed by atoms with E-state index in [0.29, 0.717) is 5.56 Å². The van der Waals surface area contributed by atoms with Gasteiger partial charge in [-0.15, -0.1) is 0 Å². The Morgan fingerprint density at radius 3 is 2.67 bits per heavy atom. The highest BCUT2D eigenvalue weighted by Gasteiger charge is 2.11. The maximum atomic E-state index is 12.1. The minimum atomic E-state index is -0.00115. The van der Waals surface area contributed by atoms with Gasteiger partial charge in [-0.05, 0) is 47.5 Å². The van der Waals surface area contributed by atoms with Gasteiger partial charge >= 0.3 is 0 Å². The number of Topliss-reactive ketones (excluding diaryl/α,β-unsaturated/α-hetero) is 1. The number of ketones is 1. The van der Waals surface area contributed by atoms with Crippen LogP contribution in [0.15, 0.2) is 22.7 Å². The molecule has 21 heavy (non-hydrogen) atoms. The minimum absolute atomic E-state index is 0.00115. The van der Waals surface area contributed by atoms with Crippen LogP contribution < -0.4 is 4.74 Å². The van der Waals surface area contributed by atoms with E-state index in [1.165, 1.54) is 19.3 Å². The van der Waals surface area contributed by atoms with Gasteiger partial charge in [0.2, 0.25) is 0 Å². The lowest BCUT2D eigenvalue weighted by molar-refractivity contribution is 0.0483. The maximum Gasteiger partial charge on any atom is 0.188 e. The number of ether oxygens (including phenoxy) is 2. The molecule has 1 aromatic carbocycles. The van der Waals surface area contributed by atoms with Crippen LogP contribution in [0.1, 0.15) is 56.3 Å². The first kappa shape index (κ1) is 18.2. The topological polar surface area (TPSA) is 35.5 Å². The third kappa shape index (κ3) is 6.62. The molecule has 0 bridgehead atoms. The summed E-state index contributed by atoms with van der Waals surface area (Å²) in [4.78, 5) is 12.1. The first-order chi connectivity index (χ1) is 10.1. The van der Waals surface area contributed by atoms with Gasteiger partial charge in [0.05, 0.1) is 17.7 Å². The van der Waals surface area contributed by atoms with Gasteiger partial charge in [-0.1, -0.05) is 32.6 Å². The Morgan fingerprint density at radius 2 is 2.05 bits per heavy atom. The Kier molecular flexibility index (Phi) is 8.62. The van der Waals surface area contributed by atoms with E-state index in [4.69, 9.17) is 9.47 Å². The summed E-state index contributed by atoms with van der Waals surface area (Å²) in [5.41, 5.74) is 0.640. The molecule has 0 amide bonds. The Hall–Kier alpha value is -0.870. The fraction of sp³-hybridized carbons (Fsp3) is 0.588. The first-order valence-corrected chi connectivity index (χ1v) is 8.36. The van der Waals surface area contributed by atoms with E-state index in [0.717, 1.165) is 23.1 Å². The lowest BCUT2D eigenvalue weighted by Crippen LogP contribution is -2.16. The summed E-state index contributed by atoms with van der Waals surface area (Å²) >= 11 is 3.39. The molecule has 0 radical (unpaired) electrons. The van der Waals surface area contributed by atoms with Crippen molar-refractivity contribution in [3.8, 4) is 5.75 Å². The Morgan fingerprint density at radius 1 is 1.29 bits per heavy atom. The smallest absolute Gasteiger partial charge is 0.188 e. The van der Waals surface area contributed by atoms with E-state index in [1.54, 1.807) is 25.3 Å². The molecule has 0 aliphatic rings. The highest BCUT2D eigenvalue weighted by molar-refractivity contribution is 9.10. The molecular formula is C17H25BrO3. The fourth-order valence-electron chi connectivity index (χ4n) is 2.08. The van der Waals surface area contributed by atoms with Gasteiger partial charge in [0.25, 0.3) is 0 Å². The molecule has 1 rings (SSSR count). The molecule has 118 valence electrons. The van der Waals surface area contributed by atoms with Crippen LogP contribution in [0.25, 0.3) is 0 Å². The van der Waals surface area contributed by atoms with Crippen LogP contribution in [0.3, 0.4) is 0 Å². The maximum absolute atomic E-state index is 12.1. The molecule has 0 spiro atoms. The van der Waals surface area contributed by atoms with E-state index < -0.39 is 0 Å². The predicted molar refractivity (Wildman–Crippen MR) is 89.2 cm³/mol. The van der Waals surface area contributed by atoms with Crippen LogP contribution in [0, 0.1) is 0 Å². The Labute approximate surface area is 136 Å². The molecular weight excluding hydrogens is 332 g/mol. The number of hydrogen-bond acceptors (Lipinski definition) is 3. The van der Waals surface area contributed by atoms with Crippen LogP contribution in [-0.4, -0.2) is 25.6 Å². The quantitative estimate of drug-likeness (QED) is 0.436. The molecule has 0 N–H and O–H groups in total. The molecule has 0 fully saturated rings. The zero-order chi connectivity index (χ0) is 15.7. The van der Waals surface area contributed by atoms with Gasteiger partial charge in [0.1, 0.15) is 12.4 Å². The molecule has 1 aromatic rings. The van der Waals surface area contributed by atoms with E-state index in [1.807, 2.05) is 6.92 Å². The minimum Gasteiger partial charge on any atom is -0.496 e. The van der Waals surface area contributed by atoms with Gasteiger partial charge in [0.15, 0.2) is 5.78 Å². The molecule has 0 saturated carbocycles. The Bertz CT molecular complexity index is 446. The fourth-order valence-corrected chi connectivity index (χ4v) is 2.62.